The van der Waals surface area contributed by atoms with Crippen LogP contribution in [-0.2, 0) is 4.79 Å². The molecule has 0 aromatic heterocycles. The largest absolute Gasteiger partial charge is 0.494 e. The summed E-state index contributed by atoms with van der Waals surface area (Å²) in [6.07, 6.45) is -7.27. The number of hydrogen-bond donors (Lipinski definition) is 5. The Morgan fingerprint density at radius 1 is 1.21 bits per heavy atom. The summed E-state index contributed by atoms with van der Waals surface area (Å²) in [5.74, 6) is -0.704. The van der Waals surface area contributed by atoms with Crippen molar-refractivity contribution < 1.29 is 34.8 Å². The van der Waals surface area contributed by atoms with Crippen LogP contribution in [0.3, 0.4) is 0 Å². The number of rotatable bonds is 8. The zero-order chi connectivity index (χ0) is 18.4. The van der Waals surface area contributed by atoms with E-state index in [1.807, 2.05) is 0 Å². The summed E-state index contributed by atoms with van der Waals surface area (Å²) < 4.78 is 5.02. The van der Waals surface area contributed by atoms with E-state index >= 15 is 0 Å². The van der Waals surface area contributed by atoms with Crippen LogP contribution in [0.5, 0.6) is 5.75 Å². The molecule has 8 nitrogen and oxygen atoms in total. The van der Waals surface area contributed by atoms with Crippen molar-refractivity contribution >= 4 is 35.4 Å². The molecular formula is C14H17Cl2NO7. The van der Waals surface area contributed by atoms with Crippen molar-refractivity contribution in [1.82, 2.24) is 5.32 Å². The molecule has 1 aromatic carbocycles. The summed E-state index contributed by atoms with van der Waals surface area (Å²) in [6, 6.07) is 2.83. The summed E-state index contributed by atoms with van der Waals surface area (Å²) in [7, 11) is 1.30. The predicted molar refractivity (Wildman–Crippen MR) is 85.4 cm³/mol. The number of amides is 1. The van der Waals surface area contributed by atoms with Crippen molar-refractivity contribution in [2.24, 2.45) is 0 Å². The molecule has 0 aliphatic carbocycles. The maximum Gasteiger partial charge on any atom is 0.256 e. The molecule has 0 spiro atoms. The van der Waals surface area contributed by atoms with Gasteiger partial charge in [0.25, 0.3) is 5.91 Å². The number of halogens is 2. The molecule has 0 radical (unpaired) electrons. The number of ether oxygens (including phenoxy) is 1. The Kier molecular flexibility index (Phi) is 7.88. The van der Waals surface area contributed by atoms with Gasteiger partial charge in [-0.3, -0.25) is 4.79 Å². The van der Waals surface area contributed by atoms with Crippen LogP contribution >= 0.6 is 23.2 Å². The fourth-order valence-corrected chi connectivity index (χ4v) is 2.33. The topological polar surface area (TPSA) is 136 Å². The van der Waals surface area contributed by atoms with Gasteiger partial charge < -0.3 is 35.3 Å². The molecule has 4 atom stereocenters. The van der Waals surface area contributed by atoms with Gasteiger partial charge in [0.1, 0.15) is 23.9 Å². The predicted octanol–water partition coefficient (Wildman–Crippen LogP) is -0.626. The van der Waals surface area contributed by atoms with E-state index in [4.69, 9.17) is 33.0 Å². The normalized spacial score (nSPS) is 16.0. The molecule has 0 aliphatic rings. The quantitative estimate of drug-likeness (QED) is 0.378. The number of hydrogen-bond acceptors (Lipinski definition) is 7. The number of nitrogens with one attached hydrogen (secondary N) is 1. The van der Waals surface area contributed by atoms with Gasteiger partial charge in [-0.2, -0.15) is 0 Å². The highest BCUT2D eigenvalue weighted by Crippen LogP contribution is 2.33. The number of carbonyl (C=O) groups is 2. The second-order valence-electron chi connectivity index (χ2n) is 4.82. The van der Waals surface area contributed by atoms with Crippen LogP contribution in [0.25, 0.3) is 0 Å². The van der Waals surface area contributed by atoms with Gasteiger partial charge in [0.15, 0.2) is 12.0 Å². The number of aliphatic hydroxyl groups is 4. The maximum absolute atomic E-state index is 12.2. The van der Waals surface area contributed by atoms with E-state index in [1.165, 1.54) is 19.2 Å². The van der Waals surface area contributed by atoms with Crippen LogP contribution in [0, 0.1) is 0 Å². The van der Waals surface area contributed by atoms with E-state index in [0.29, 0.717) is 0 Å². The third kappa shape index (κ3) is 4.79. The first kappa shape index (κ1) is 20.6. The molecule has 0 heterocycles. The van der Waals surface area contributed by atoms with E-state index < -0.39 is 36.9 Å². The van der Waals surface area contributed by atoms with Crippen LogP contribution < -0.4 is 10.1 Å². The van der Waals surface area contributed by atoms with Crippen LogP contribution in [0.1, 0.15) is 10.4 Å². The molecule has 0 saturated heterocycles. The lowest BCUT2D eigenvalue weighted by molar-refractivity contribution is -0.133. The second kappa shape index (κ2) is 9.16. The summed E-state index contributed by atoms with van der Waals surface area (Å²) in [6.45, 7) is -0.491. The number of carbonyl (C=O) groups excluding carboxylic acids is 2. The Morgan fingerprint density at radius 2 is 1.79 bits per heavy atom. The average molecular weight is 382 g/mol. The molecule has 1 amide bonds. The lowest BCUT2D eigenvalue weighted by atomic mass is 10.0. The number of methoxy groups -OCH3 is 1. The molecular weight excluding hydrogens is 365 g/mol. The number of aliphatic hydroxyl groups excluding tert-OH is 4. The van der Waals surface area contributed by atoms with Crippen LogP contribution in [-0.4, -0.2) is 70.7 Å². The van der Waals surface area contributed by atoms with Crippen LogP contribution in [0.2, 0.25) is 10.0 Å². The molecule has 0 aliphatic heterocycles. The third-order valence-electron chi connectivity index (χ3n) is 3.20. The fraction of sp³-hybridized carbons (Fsp3) is 0.429. The minimum atomic E-state index is -1.90. The molecule has 1 rings (SSSR count). The van der Waals surface area contributed by atoms with Crippen LogP contribution in [0.15, 0.2) is 12.1 Å². The number of aldehydes is 1. The zero-order valence-electron chi connectivity index (χ0n) is 12.5. The average Bonchev–Trinajstić information content (AvgIpc) is 2.58. The van der Waals surface area contributed by atoms with Crippen molar-refractivity contribution in [3.05, 3.63) is 27.7 Å². The van der Waals surface area contributed by atoms with Crippen molar-refractivity contribution in [1.29, 1.82) is 0 Å². The molecule has 0 fully saturated rings. The molecule has 5 N–H and O–H groups in total. The third-order valence-corrected chi connectivity index (χ3v) is 3.81. The van der Waals surface area contributed by atoms with Gasteiger partial charge in [-0.15, -0.1) is 0 Å². The monoisotopic (exact) mass is 381 g/mol. The smallest absolute Gasteiger partial charge is 0.256 e. The summed E-state index contributed by atoms with van der Waals surface area (Å²) in [5, 5.41) is 40.4. The Morgan fingerprint density at radius 3 is 2.33 bits per heavy atom. The van der Waals surface area contributed by atoms with Gasteiger partial charge in [0.05, 0.1) is 23.3 Å². The van der Waals surface area contributed by atoms with E-state index in [-0.39, 0.29) is 27.6 Å². The molecule has 10 heteroatoms. The molecule has 1 aromatic rings. The number of benzene rings is 1. The molecule has 134 valence electrons. The van der Waals surface area contributed by atoms with Gasteiger partial charge in [0.2, 0.25) is 0 Å². The van der Waals surface area contributed by atoms with E-state index in [2.05, 4.69) is 5.32 Å². The zero-order valence-corrected chi connectivity index (χ0v) is 14.0. The Labute approximate surface area is 147 Å². The lowest BCUT2D eigenvalue weighted by Gasteiger charge is -2.24. The summed E-state index contributed by atoms with van der Waals surface area (Å²) in [4.78, 5) is 22.5. The van der Waals surface area contributed by atoms with E-state index in [1.54, 1.807) is 0 Å². The van der Waals surface area contributed by atoms with Gasteiger partial charge >= 0.3 is 0 Å². The molecule has 24 heavy (non-hydrogen) atoms. The Bertz CT molecular complexity index is 599. The summed E-state index contributed by atoms with van der Waals surface area (Å²) >= 11 is 11.8. The minimum Gasteiger partial charge on any atom is -0.494 e. The molecule has 0 unspecified atom stereocenters. The first-order valence-electron chi connectivity index (χ1n) is 6.72. The maximum atomic E-state index is 12.2. The second-order valence-corrected chi connectivity index (χ2v) is 5.64. The SMILES string of the molecule is COc1c(Cl)ccc(Cl)c1C(=O)NC[C@@H](O)[C@@H](O)[C@H](O)[C@@H](O)C=O. The fourth-order valence-electron chi connectivity index (χ4n) is 1.86. The van der Waals surface area contributed by atoms with Crippen molar-refractivity contribution in [2.45, 2.75) is 24.4 Å². The van der Waals surface area contributed by atoms with Gasteiger partial charge in [0, 0.05) is 6.54 Å². The highest BCUT2D eigenvalue weighted by Gasteiger charge is 2.30. The van der Waals surface area contributed by atoms with Crippen molar-refractivity contribution in [3.63, 3.8) is 0 Å². The van der Waals surface area contributed by atoms with Gasteiger partial charge in [-0.25, -0.2) is 0 Å². The van der Waals surface area contributed by atoms with Gasteiger partial charge in [-0.05, 0) is 12.1 Å². The molecule has 0 bridgehead atoms. The first-order chi connectivity index (χ1) is 11.2. The highest BCUT2D eigenvalue weighted by molar-refractivity contribution is 6.37. The minimum absolute atomic E-state index is 0.00972. The van der Waals surface area contributed by atoms with E-state index in [0.717, 1.165) is 0 Å². The van der Waals surface area contributed by atoms with Gasteiger partial charge in [-0.1, -0.05) is 23.2 Å². The first-order valence-corrected chi connectivity index (χ1v) is 7.47. The van der Waals surface area contributed by atoms with E-state index in [9.17, 15) is 24.9 Å². The van der Waals surface area contributed by atoms with Crippen molar-refractivity contribution in [2.75, 3.05) is 13.7 Å². The molecule has 0 saturated carbocycles. The lowest BCUT2D eigenvalue weighted by Crippen LogP contribution is -2.49. The van der Waals surface area contributed by atoms with Crippen LogP contribution in [0.4, 0.5) is 0 Å². The highest BCUT2D eigenvalue weighted by atomic mass is 35.5. The summed E-state index contributed by atoms with van der Waals surface area (Å²) in [5.41, 5.74) is -0.0677. The van der Waals surface area contributed by atoms with Crippen molar-refractivity contribution in [3.8, 4) is 5.75 Å². The Hall–Kier alpha value is -1.42. The Balaban J connectivity index is 2.80. The standard InChI is InChI=1S/C14H17Cl2NO7/c1-24-13-7(16)3-2-6(15)10(13)14(23)17-4-8(19)11(21)12(22)9(20)5-18/h2-3,5,8-9,11-12,19-22H,4H2,1H3,(H,17,23)/t8-,9+,11-,12-/m1/s1.